The van der Waals surface area contributed by atoms with E-state index in [0.29, 0.717) is 0 Å². The van der Waals surface area contributed by atoms with E-state index in [0.717, 1.165) is 6.42 Å². The molecule has 3 heteroatoms. The van der Waals surface area contributed by atoms with Gasteiger partial charge < -0.3 is 14.9 Å². The largest absolute Gasteiger partial charge is 0.510 e. The van der Waals surface area contributed by atoms with Gasteiger partial charge in [-0.2, -0.15) is 0 Å². The van der Waals surface area contributed by atoms with Crippen molar-refractivity contribution in [3.63, 3.8) is 0 Å². The van der Waals surface area contributed by atoms with Crippen LogP contribution in [0.3, 0.4) is 0 Å². The molecule has 0 aliphatic carbocycles. The molecular formula is C7H14O3. The van der Waals surface area contributed by atoms with Crippen molar-refractivity contribution in [2.24, 2.45) is 0 Å². The SMILES string of the molecule is CCC=C(O)COCCO. The minimum Gasteiger partial charge on any atom is -0.510 e. The lowest BCUT2D eigenvalue weighted by atomic mass is 10.4. The summed E-state index contributed by atoms with van der Waals surface area (Å²) < 4.78 is 4.83. The summed E-state index contributed by atoms with van der Waals surface area (Å²) in [5.41, 5.74) is 0. The van der Waals surface area contributed by atoms with Crippen LogP contribution < -0.4 is 0 Å². The monoisotopic (exact) mass is 146 g/mol. The standard InChI is InChI=1S/C7H14O3/c1-2-3-7(9)6-10-5-4-8/h3,8-9H,2,4-6H2,1H3. The van der Waals surface area contributed by atoms with Gasteiger partial charge in [-0.1, -0.05) is 6.92 Å². The fourth-order valence-electron chi connectivity index (χ4n) is 0.536. The number of ether oxygens (including phenoxy) is 1. The predicted molar refractivity (Wildman–Crippen MR) is 38.9 cm³/mol. The number of aliphatic hydroxyl groups is 2. The van der Waals surface area contributed by atoms with Crippen molar-refractivity contribution in [3.8, 4) is 0 Å². The molecule has 0 fully saturated rings. The second kappa shape index (κ2) is 6.58. The van der Waals surface area contributed by atoms with Gasteiger partial charge in [0.25, 0.3) is 0 Å². The molecule has 0 aliphatic rings. The molecule has 0 aliphatic heterocycles. The molecule has 0 radical (unpaired) electrons. The minimum atomic E-state index is -0.000590. The quantitative estimate of drug-likeness (QED) is 0.446. The Bertz CT molecular complexity index is 99.0. The van der Waals surface area contributed by atoms with E-state index in [1.54, 1.807) is 6.08 Å². The topological polar surface area (TPSA) is 49.7 Å². The van der Waals surface area contributed by atoms with E-state index in [9.17, 15) is 0 Å². The Morgan fingerprint density at radius 3 is 2.80 bits per heavy atom. The lowest BCUT2D eigenvalue weighted by Gasteiger charge is -1.99. The average molecular weight is 146 g/mol. The third kappa shape index (κ3) is 5.59. The van der Waals surface area contributed by atoms with Gasteiger partial charge in [0.1, 0.15) is 12.4 Å². The Morgan fingerprint density at radius 2 is 2.30 bits per heavy atom. The van der Waals surface area contributed by atoms with Gasteiger partial charge in [0.15, 0.2) is 0 Å². The van der Waals surface area contributed by atoms with Crippen molar-refractivity contribution in [3.05, 3.63) is 11.8 Å². The summed E-state index contributed by atoms with van der Waals surface area (Å²) in [5, 5.41) is 17.2. The molecule has 0 unspecified atom stereocenters. The van der Waals surface area contributed by atoms with Crippen LogP contribution in [0.5, 0.6) is 0 Å². The summed E-state index contributed by atoms with van der Waals surface area (Å²) in [6, 6.07) is 0. The highest BCUT2D eigenvalue weighted by Gasteiger charge is 1.90. The first-order valence-electron chi connectivity index (χ1n) is 3.37. The lowest BCUT2D eigenvalue weighted by Crippen LogP contribution is -2.02. The van der Waals surface area contributed by atoms with Crippen molar-refractivity contribution in [1.82, 2.24) is 0 Å². The van der Waals surface area contributed by atoms with E-state index in [-0.39, 0.29) is 25.6 Å². The van der Waals surface area contributed by atoms with Crippen LogP contribution in [-0.4, -0.2) is 30.0 Å². The molecule has 2 N–H and O–H groups in total. The molecule has 0 aromatic carbocycles. The van der Waals surface area contributed by atoms with E-state index < -0.39 is 0 Å². The Morgan fingerprint density at radius 1 is 1.60 bits per heavy atom. The van der Waals surface area contributed by atoms with Crippen LogP contribution in [0.4, 0.5) is 0 Å². The Kier molecular flexibility index (Phi) is 6.22. The maximum Gasteiger partial charge on any atom is 0.114 e. The van der Waals surface area contributed by atoms with Gasteiger partial charge in [-0.3, -0.25) is 0 Å². The normalized spacial score (nSPS) is 12.0. The third-order valence-corrected chi connectivity index (χ3v) is 0.925. The molecule has 0 bridgehead atoms. The fraction of sp³-hybridized carbons (Fsp3) is 0.714. The number of hydrogen-bond acceptors (Lipinski definition) is 3. The highest BCUT2D eigenvalue weighted by Crippen LogP contribution is 1.91. The van der Waals surface area contributed by atoms with Crippen molar-refractivity contribution in [2.45, 2.75) is 13.3 Å². The molecule has 0 saturated heterocycles. The van der Waals surface area contributed by atoms with Gasteiger partial charge in [0.05, 0.1) is 13.2 Å². The molecule has 0 heterocycles. The summed E-state index contributed by atoms with van der Waals surface area (Å²) in [5.74, 6) is 0.232. The van der Waals surface area contributed by atoms with Crippen LogP contribution in [0.2, 0.25) is 0 Å². The second-order valence-corrected chi connectivity index (χ2v) is 1.88. The van der Waals surface area contributed by atoms with Crippen molar-refractivity contribution in [2.75, 3.05) is 19.8 Å². The zero-order valence-electron chi connectivity index (χ0n) is 6.21. The first kappa shape index (κ1) is 9.46. The smallest absolute Gasteiger partial charge is 0.114 e. The molecule has 0 spiro atoms. The van der Waals surface area contributed by atoms with Crippen molar-refractivity contribution >= 4 is 0 Å². The molecule has 0 rings (SSSR count). The molecule has 0 atom stereocenters. The molecule has 0 amide bonds. The van der Waals surface area contributed by atoms with Gasteiger partial charge in [-0.15, -0.1) is 0 Å². The van der Waals surface area contributed by atoms with Gasteiger partial charge in [0, 0.05) is 0 Å². The average Bonchev–Trinajstić information content (AvgIpc) is 1.89. The first-order chi connectivity index (χ1) is 4.81. The van der Waals surface area contributed by atoms with Crippen LogP contribution >= 0.6 is 0 Å². The lowest BCUT2D eigenvalue weighted by molar-refractivity contribution is 0.0898. The van der Waals surface area contributed by atoms with Crippen LogP contribution in [0.15, 0.2) is 11.8 Å². The molecule has 3 nitrogen and oxygen atoms in total. The van der Waals surface area contributed by atoms with E-state index in [1.165, 1.54) is 0 Å². The van der Waals surface area contributed by atoms with Crippen LogP contribution in [0.1, 0.15) is 13.3 Å². The number of hydrogen-bond donors (Lipinski definition) is 2. The third-order valence-electron chi connectivity index (χ3n) is 0.925. The Balaban J connectivity index is 3.21. The van der Waals surface area contributed by atoms with Gasteiger partial charge in [-0.25, -0.2) is 0 Å². The van der Waals surface area contributed by atoms with E-state index >= 15 is 0 Å². The predicted octanol–water partition coefficient (Wildman–Crippen LogP) is 0.847. The molecular weight excluding hydrogens is 132 g/mol. The van der Waals surface area contributed by atoms with Gasteiger partial charge in [0.2, 0.25) is 0 Å². The number of aliphatic hydroxyl groups excluding tert-OH is 2. The molecule has 60 valence electrons. The van der Waals surface area contributed by atoms with Crippen molar-refractivity contribution < 1.29 is 14.9 Å². The van der Waals surface area contributed by atoms with Crippen LogP contribution in [0, 0.1) is 0 Å². The summed E-state index contributed by atoms with van der Waals surface area (Å²) in [7, 11) is 0. The zero-order valence-corrected chi connectivity index (χ0v) is 6.21. The van der Waals surface area contributed by atoms with Crippen molar-refractivity contribution in [1.29, 1.82) is 0 Å². The Hall–Kier alpha value is -0.540. The van der Waals surface area contributed by atoms with E-state index in [2.05, 4.69) is 0 Å². The molecule has 10 heavy (non-hydrogen) atoms. The van der Waals surface area contributed by atoms with E-state index in [4.69, 9.17) is 14.9 Å². The number of allylic oxidation sites excluding steroid dienone is 1. The molecule has 0 aromatic rings. The summed E-state index contributed by atoms with van der Waals surface area (Å²) in [6.45, 7) is 2.41. The Labute approximate surface area is 60.9 Å². The maximum atomic E-state index is 8.93. The summed E-state index contributed by atoms with van der Waals surface area (Å²) in [6.07, 6.45) is 2.48. The zero-order chi connectivity index (χ0) is 7.82. The highest BCUT2D eigenvalue weighted by molar-refractivity contribution is 4.89. The highest BCUT2D eigenvalue weighted by atomic mass is 16.5. The summed E-state index contributed by atoms with van der Waals surface area (Å²) >= 11 is 0. The second-order valence-electron chi connectivity index (χ2n) is 1.88. The van der Waals surface area contributed by atoms with Crippen LogP contribution in [-0.2, 0) is 4.74 Å². The van der Waals surface area contributed by atoms with Gasteiger partial charge in [-0.05, 0) is 12.5 Å². The maximum absolute atomic E-state index is 8.93. The minimum absolute atomic E-state index is 0.000590. The fourth-order valence-corrected chi connectivity index (χ4v) is 0.536. The first-order valence-corrected chi connectivity index (χ1v) is 3.37. The molecule has 0 saturated carbocycles. The summed E-state index contributed by atoms with van der Waals surface area (Å²) in [4.78, 5) is 0. The molecule has 0 aromatic heterocycles. The van der Waals surface area contributed by atoms with E-state index in [1.807, 2.05) is 6.92 Å². The number of rotatable bonds is 5. The van der Waals surface area contributed by atoms with Gasteiger partial charge >= 0.3 is 0 Å². The van der Waals surface area contributed by atoms with Crippen LogP contribution in [0.25, 0.3) is 0 Å².